The van der Waals surface area contributed by atoms with E-state index < -0.39 is 29.3 Å². The van der Waals surface area contributed by atoms with E-state index in [0.29, 0.717) is 13.0 Å². The van der Waals surface area contributed by atoms with E-state index in [9.17, 15) is 22.8 Å². The van der Waals surface area contributed by atoms with Crippen LogP contribution in [0.2, 0.25) is 0 Å². The Kier molecular flexibility index (Phi) is 5.87. The highest BCUT2D eigenvalue weighted by Crippen LogP contribution is 2.29. The first-order chi connectivity index (χ1) is 13.4. The zero-order valence-electron chi connectivity index (χ0n) is 15.2. The zero-order chi connectivity index (χ0) is 20.3. The normalized spacial score (nSPS) is 16.4. The van der Waals surface area contributed by atoms with Crippen molar-refractivity contribution in [3.05, 3.63) is 59.4 Å². The minimum atomic E-state index is -1.64. The van der Waals surface area contributed by atoms with Gasteiger partial charge in [-0.1, -0.05) is 12.1 Å². The molecule has 2 amide bonds. The molecule has 2 aromatic carbocycles. The van der Waals surface area contributed by atoms with Gasteiger partial charge in [0.15, 0.2) is 17.5 Å². The van der Waals surface area contributed by atoms with Crippen molar-refractivity contribution in [3.63, 3.8) is 0 Å². The molecule has 0 saturated carbocycles. The fourth-order valence-electron chi connectivity index (χ4n) is 3.11. The summed E-state index contributed by atoms with van der Waals surface area (Å²) < 4.78 is 45.5. The van der Waals surface area contributed by atoms with Gasteiger partial charge in [0.05, 0.1) is 18.7 Å². The predicted molar refractivity (Wildman–Crippen MR) is 96.5 cm³/mol. The van der Waals surface area contributed by atoms with Gasteiger partial charge in [0.2, 0.25) is 11.8 Å². The van der Waals surface area contributed by atoms with Crippen LogP contribution in [-0.2, 0) is 16.0 Å². The molecule has 5 nitrogen and oxygen atoms in total. The number of anilines is 1. The molecule has 28 heavy (non-hydrogen) atoms. The summed E-state index contributed by atoms with van der Waals surface area (Å²) in [6, 6.07) is 9.16. The number of hydrogen-bond donors (Lipinski definition) is 1. The lowest BCUT2D eigenvalue weighted by molar-refractivity contribution is -0.126. The Labute approximate surface area is 160 Å². The van der Waals surface area contributed by atoms with Gasteiger partial charge in [0.25, 0.3) is 0 Å². The monoisotopic (exact) mass is 392 g/mol. The number of nitrogens with one attached hydrogen (secondary N) is 1. The fraction of sp³-hybridized carbons (Fsp3) is 0.300. The lowest BCUT2D eigenvalue weighted by atomic mass is 10.1. The Balaban J connectivity index is 1.57. The molecule has 1 aliphatic heterocycles. The van der Waals surface area contributed by atoms with Crippen molar-refractivity contribution in [1.82, 2.24) is 5.32 Å². The molecular weight excluding hydrogens is 373 g/mol. The summed E-state index contributed by atoms with van der Waals surface area (Å²) in [6.45, 7) is 0.282. The minimum absolute atomic E-state index is 0.0881. The summed E-state index contributed by atoms with van der Waals surface area (Å²) in [5, 5.41) is 2.75. The summed E-state index contributed by atoms with van der Waals surface area (Å²) in [6.07, 6.45) is 0.477. The number of carbonyl (C=O) groups is 2. The second-order valence-corrected chi connectivity index (χ2v) is 6.49. The topological polar surface area (TPSA) is 58.6 Å². The molecule has 0 aliphatic carbocycles. The fourth-order valence-corrected chi connectivity index (χ4v) is 3.11. The average Bonchev–Trinajstić information content (AvgIpc) is 3.08. The highest BCUT2D eigenvalue weighted by molar-refractivity contribution is 6.00. The second kappa shape index (κ2) is 8.33. The Hall–Kier alpha value is -3.03. The number of methoxy groups -OCH3 is 1. The number of rotatable bonds is 6. The van der Waals surface area contributed by atoms with Crippen LogP contribution in [0.25, 0.3) is 0 Å². The highest BCUT2D eigenvalue weighted by atomic mass is 19.2. The summed E-state index contributed by atoms with van der Waals surface area (Å²) in [5.41, 5.74) is 0.645. The van der Waals surface area contributed by atoms with E-state index >= 15 is 0 Å². The van der Waals surface area contributed by atoms with E-state index in [1.54, 1.807) is 7.11 Å². The summed E-state index contributed by atoms with van der Waals surface area (Å²) in [7, 11) is 1.58. The molecule has 1 atom stereocenters. The van der Waals surface area contributed by atoms with Gasteiger partial charge in [-0.05, 0) is 36.2 Å². The average molecular weight is 392 g/mol. The molecule has 0 aromatic heterocycles. The summed E-state index contributed by atoms with van der Waals surface area (Å²) >= 11 is 0. The van der Waals surface area contributed by atoms with Crippen molar-refractivity contribution >= 4 is 17.5 Å². The molecule has 0 bridgehead atoms. The number of halogens is 3. The van der Waals surface area contributed by atoms with Crippen LogP contribution >= 0.6 is 0 Å². The smallest absolute Gasteiger partial charge is 0.227 e. The first-order valence-corrected chi connectivity index (χ1v) is 8.75. The third-order valence-electron chi connectivity index (χ3n) is 4.67. The van der Waals surface area contributed by atoms with E-state index in [1.165, 1.54) is 0 Å². The van der Waals surface area contributed by atoms with Crippen LogP contribution < -0.4 is 15.0 Å². The number of carbonyl (C=O) groups excluding carboxylic acids is 2. The first kappa shape index (κ1) is 19.7. The van der Waals surface area contributed by atoms with E-state index in [-0.39, 0.29) is 24.6 Å². The first-order valence-electron chi connectivity index (χ1n) is 8.75. The van der Waals surface area contributed by atoms with Gasteiger partial charge in [-0.2, -0.15) is 0 Å². The largest absolute Gasteiger partial charge is 0.497 e. The third kappa shape index (κ3) is 4.11. The lowest BCUT2D eigenvalue weighted by Gasteiger charge is -2.18. The van der Waals surface area contributed by atoms with Crippen molar-refractivity contribution in [2.75, 3.05) is 25.1 Å². The number of benzene rings is 2. The second-order valence-electron chi connectivity index (χ2n) is 6.49. The Bertz CT molecular complexity index is 887. The van der Waals surface area contributed by atoms with E-state index in [4.69, 9.17) is 4.74 Å². The van der Waals surface area contributed by atoms with Crippen molar-refractivity contribution in [3.8, 4) is 5.75 Å². The Morgan fingerprint density at radius 3 is 2.54 bits per heavy atom. The van der Waals surface area contributed by atoms with Gasteiger partial charge in [-0.3, -0.25) is 9.59 Å². The van der Waals surface area contributed by atoms with E-state index in [0.717, 1.165) is 28.3 Å². The molecule has 1 heterocycles. The van der Waals surface area contributed by atoms with Gasteiger partial charge < -0.3 is 15.0 Å². The molecule has 1 saturated heterocycles. The van der Waals surface area contributed by atoms with Crippen molar-refractivity contribution < 1.29 is 27.5 Å². The number of ether oxygens (including phenoxy) is 1. The van der Waals surface area contributed by atoms with E-state index in [1.807, 2.05) is 24.3 Å². The molecule has 148 valence electrons. The van der Waals surface area contributed by atoms with Crippen molar-refractivity contribution in [2.24, 2.45) is 5.92 Å². The molecular formula is C20H19F3N2O3. The van der Waals surface area contributed by atoms with Crippen molar-refractivity contribution in [1.29, 1.82) is 0 Å². The van der Waals surface area contributed by atoms with Crippen molar-refractivity contribution in [2.45, 2.75) is 12.8 Å². The maximum Gasteiger partial charge on any atom is 0.227 e. The van der Waals surface area contributed by atoms with Gasteiger partial charge in [0.1, 0.15) is 5.75 Å². The molecule has 3 rings (SSSR count). The molecule has 0 spiro atoms. The SMILES string of the molecule is COc1ccc(CCNC(=O)C2CC(=O)N(c3ccc(F)c(F)c3F)C2)cc1. The van der Waals surface area contributed by atoms with Crippen LogP contribution in [0, 0.1) is 23.4 Å². The number of amides is 2. The van der Waals surface area contributed by atoms with Crippen LogP contribution in [0.15, 0.2) is 36.4 Å². The van der Waals surface area contributed by atoms with Gasteiger partial charge in [-0.25, -0.2) is 13.2 Å². The molecule has 0 radical (unpaired) electrons. The van der Waals surface area contributed by atoms with Crippen LogP contribution in [0.4, 0.5) is 18.9 Å². The molecule has 1 unspecified atom stereocenters. The maximum absolute atomic E-state index is 13.9. The van der Waals surface area contributed by atoms with E-state index in [2.05, 4.69) is 5.32 Å². The standard InChI is InChI=1S/C20H19F3N2O3/c1-28-14-4-2-12(3-5-14)8-9-24-20(27)13-10-17(26)25(11-13)16-7-6-15(21)18(22)19(16)23/h2-7,13H,8-11H2,1H3,(H,24,27). The van der Waals surface area contributed by atoms with Crippen LogP contribution in [-0.4, -0.2) is 32.0 Å². The van der Waals surface area contributed by atoms with Crippen LogP contribution in [0.5, 0.6) is 5.75 Å². The highest BCUT2D eigenvalue weighted by Gasteiger charge is 2.36. The third-order valence-corrected chi connectivity index (χ3v) is 4.67. The van der Waals surface area contributed by atoms with Crippen LogP contribution in [0.1, 0.15) is 12.0 Å². The predicted octanol–water partition coefficient (Wildman–Crippen LogP) is 2.82. The molecule has 1 fully saturated rings. The van der Waals surface area contributed by atoms with Gasteiger partial charge >= 0.3 is 0 Å². The quantitative estimate of drug-likeness (QED) is 0.770. The Morgan fingerprint density at radius 2 is 1.86 bits per heavy atom. The van der Waals surface area contributed by atoms with Crippen LogP contribution in [0.3, 0.4) is 0 Å². The number of nitrogens with zero attached hydrogens (tertiary/aromatic N) is 1. The van der Waals surface area contributed by atoms with Gasteiger partial charge in [0, 0.05) is 19.5 Å². The molecule has 1 N–H and O–H groups in total. The maximum atomic E-state index is 13.9. The number of hydrogen-bond acceptors (Lipinski definition) is 3. The Morgan fingerprint density at radius 1 is 1.14 bits per heavy atom. The minimum Gasteiger partial charge on any atom is -0.497 e. The molecule has 2 aromatic rings. The molecule has 8 heteroatoms. The summed E-state index contributed by atoms with van der Waals surface area (Å²) in [5.74, 6) is -5.21. The molecule has 1 aliphatic rings. The van der Waals surface area contributed by atoms with Gasteiger partial charge in [-0.15, -0.1) is 0 Å². The lowest BCUT2D eigenvalue weighted by Crippen LogP contribution is -2.34. The zero-order valence-corrected chi connectivity index (χ0v) is 15.2. The summed E-state index contributed by atoms with van der Waals surface area (Å²) in [4.78, 5) is 25.4.